The van der Waals surface area contributed by atoms with Gasteiger partial charge in [-0.15, -0.1) is 0 Å². The van der Waals surface area contributed by atoms with Gasteiger partial charge < -0.3 is 10.0 Å². The number of aromatic nitrogens is 2. The zero-order valence-electron chi connectivity index (χ0n) is 11.0. The zero-order chi connectivity index (χ0) is 13.1. The Balaban J connectivity index is 2.06. The first-order chi connectivity index (χ1) is 9.40. The van der Waals surface area contributed by atoms with E-state index in [0.29, 0.717) is 0 Å². The third-order valence-electron chi connectivity index (χ3n) is 3.88. The molecule has 1 fully saturated rings. The Morgan fingerprint density at radius 3 is 2.95 bits per heavy atom. The first-order valence-electron chi connectivity index (χ1n) is 6.97. The van der Waals surface area contributed by atoms with Crippen molar-refractivity contribution in [2.45, 2.75) is 31.7 Å². The summed E-state index contributed by atoms with van der Waals surface area (Å²) in [6.45, 7) is 1.16. The molecule has 1 unspecified atom stereocenters. The lowest BCUT2D eigenvalue weighted by Gasteiger charge is -2.30. The van der Waals surface area contributed by atoms with E-state index < -0.39 is 0 Å². The molecule has 0 spiro atoms. The van der Waals surface area contributed by atoms with Gasteiger partial charge in [0.1, 0.15) is 12.1 Å². The summed E-state index contributed by atoms with van der Waals surface area (Å²) in [5.41, 5.74) is 0.966. The molecule has 1 aliphatic heterocycles. The number of rotatable bonds is 2. The van der Waals surface area contributed by atoms with E-state index in [2.05, 4.69) is 20.9 Å². The number of para-hydroxylation sites is 1. The van der Waals surface area contributed by atoms with Gasteiger partial charge in [-0.1, -0.05) is 25.0 Å². The molecule has 1 aromatic heterocycles. The molecule has 0 aliphatic carbocycles. The Morgan fingerprint density at radius 2 is 2.05 bits per heavy atom. The first-order valence-corrected chi connectivity index (χ1v) is 6.97. The minimum Gasteiger partial charge on any atom is -0.394 e. The van der Waals surface area contributed by atoms with Crippen LogP contribution in [0.25, 0.3) is 10.9 Å². The molecule has 1 atom stereocenters. The van der Waals surface area contributed by atoms with E-state index in [0.717, 1.165) is 36.1 Å². The number of hydrogen-bond acceptors (Lipinski definition) is 4. The Bertz CT molecular complexity index is 553. The van der Waals surface area contributed by atoms with Crippen LogP contribution in [0, 0.1) is 0 Å². The fourth-order valence-corrected chi connectivity index (χ4v) is 2.87. The molecule has 100 valence electrons. The second-order valence-corrected chi connectivity index (χ2v) is 5.09. The molecular weight excluding hydrogens is 238 g/mol. The molecule has 4 heteroatoms. The first kappa shape index (κ1) is 12.4. The fourth-order valence-electron chi connectivity index (χ4n) is 2.87. The maximum atomic E-state index is 9.63. The number of nitrogens with zero attached hydrogens (tertiary/aromatic N) is 3. The standard InChI is InChI=1S/C15H19N3O/c19-10-12-6-2-1-5-9-18(12)15-13-7-3-4-8-14(13)16-11-17-15/h3-4,7-8,11-12,19H,1-2,5-6,9-10H2. The Kier molecular flexibility index (Phi) is 3.60. The third kappa shape index (κ3) is 2.40. The monoisotopic (exact) mass is 257 g/mol. The highest BCUT2D eigenvalue weighted by Gasteiger charge is 2.23. The van der Waals surface area contributed by atoms with Crippen LogP contribution >= 0.6 is 0 Å². The predicted octanol–water partition coefficient (Wildman–Crippen LogP) is 2.37. The van der Waals surface area contributed by atoms with E-state index in [4.69, 9.17) is 0 Å². The zero-order valence-corrected chi connectivity index (χ0v) is 11.0. The highest BCUT2D eigenvalue weighted by Crippen LogP contribution is 2.27. The molecular formula is C15H19N3O. The van der Waals surface area contributed by atoms with E-state index in [1.54, 1.807) is 6.33 Å². The van der Waals surface area contributed by atoms with Gasteiger partial charge in [0.15, 0.2) is 0 Å². The Morgan fingerprint density at radius 1 is 1.16 bits per heavy atom. The molecule has 1 N–H and O–H groups in total. The van der Waals surface area contributed by atoms with Crippen molar-refractivity contribution in [3.8, 4) is 0 Å². The second-order valence-electron chi connectivity index (χ2n) is 5.09. The number of fused-ring (bicyclic) bond motifs is 1. The van der Waals surface area contributed by atoms with Crippen molar-refractivity contribution in [3.63, 3.8) is 0 Å². The summed E-state index contributed by atoms with van der Waals surface area (Å²) in [6.07, 6.45) is 6.24. The van der Waals surface area contributed by atoms with E-state index in [1.165, 1.54) is 12.8 Å². The topological polar surface area (TPSA) is 49.2 Å². The average Bonchev–Trinajstić information content (AvgIpc) is 2.71. The maximum absolute atomic E-state index is 9.63. The van der Waals surface area contributed by atoms with Crippen LogP contribution in [0.4, 0.5) is 5.82 Å². The largest absolute Gasteiger partial charge is 0.394 e. The molecule has 0 saturated carbocycles. The lowest BCUT2D eigenvalue weighted by molar-refractivity contribution is 0.254. The van der Waals surface area contributed by atoms with Crippen molar-refractivity contribution in [3.05, 3.63) is 30.6 Å². The minimum absolute atomic E-state index is 0.181. The smallest absolute Gasteiger partial charge is 0.140 e. The highest BCUT2D eigenvalue weighted by molar-refractivity contribution is 5.89. The normalized spacial score (nSPS) is 20.5. The average molecular weight is 257 g/mol. The summed E-state index contributed by atoms with van der Waals surface area (Å²) in [5.74, 6) is 0.964. The van der Waals surface area contributed by atoms with Gasteiger partial charge >= 0.3 is 0 Å². The molecule has 0 bridgehead atoms. The molecule has 2 aromatic rings. The third-order valence-corrected chi connectivity index (χ3v) is 3.88. The van der Waals surface area contributed by atoms with Crippen LogP contribution in [0.5, 0.6) is 0 Å². The summed E-state index contributed by atoms with van der Waals surface area (Å²) in [7, 11) is 0. The van der Waals surface area contributed by atoms with Crippen LogP contribution in [-0.4, -0.2) is 34.3 Å². The summed E-state index contributed by atoms with van der Waals surface area (Å²) in [4.78, 5) is 11.0. The van der Waals surface area contributed by atoms with Crippen LogP contribution in [0.1, 0.15) is 25.7 Å². The fraction of sp³-hybridized carbons (Fsp3) is 0.467. The van der Waals surface area contributed by atoms with E-state index in [-0.39, 0.29) is 12.6 Å². The van der Waals surface area contributed by atoms with Crippen molar-refractivity contribution >= 4 is 16.7 Å². The molecule has 0 amide bonds. The van der Waals surface area contributed by atoms with Gasteiger partial charge in [0.2, 0.25) is 0 Å². The Hall–Kier alpha value is -1.68. The number of hydrogen-bond donors (Lipinski definition) is 1. The second kappa shape index (κ2) is 5.53. The molecule has 1 aliphatic rings. The van der Waals surface area contributed by atoms with Gasteiger partial charge in [0.05, 0.1) is 18.2 Å². The van der Waals surface area contributed by atoms with E-state index >= 15 is 0 Å². The van der Waals surface area contributed by atoms with Crippen LogP contribution in [-0.2, 0) is 0 Å². The molecule has 1 saturated heterocycles. The summed E-state index contributed by atoms with van der Waals surface area (Å²) < 4.78 is 0. The molecule has 19 heavy (non-hydrogen) atoms. The molecule has 3 rings (SSSR count). The van der Waals surface area contributed by atoms with Gasteiger partial charge in [-0.25, -0.2) is 9.97 Å². The number of aliphatic hydroxyl groups is 1. The quantitative estimate of drug-likeness (QED) is 0.897. The van der Waals surface area contributed by atoms with Gasteiger partial charge in [-0.2, -0.15) is 0 Å². The molecule has 2 heterocycles. The number of anilines is 1. The summed E-state index contributed by atoms with van der Waals surface area (Å²) in [6, 6.07) is 8.25. The van der Waals surface area contributed by atoms with Crippen LogP contribution in [0.15, 0.2) is 30.6 Å². The van der Waals surface area contributed by atoms with Crippen molar-refractivity contribution in [2.24, 2.45) is 0 Å². The van der Waals surface area contributed by atoms with Crippen LogP contribution in [0.2, 0.25) is 0 Å². The minimum atomic E-state index is 0.181. The van der Waals surface area contributed by atoms with Crippen molar-refractivity contribution in [1.82, 2.24) is 9.97 Å². The van der Waals surface area contributed by atoms with Gasteiger partial charge in [-0.05, 0) is 25.0 Å². The molecule has 0 radical (unpaired) electrons. The SMILES string of the molecule is OCC1CCCCCN1c1ncnc2ccccc12. The van der Waals surface area contributed by atoms with Gasteiger partial charge in [-0.3, -0.25) is 0 Å². The lowest BCUT2D eigenvalue weighted by Crippen LogP contribution is -2.38. The van der Waals surface area contributed by atoms with E-state index in [1.807, 2.05) is 18.2 Å². The summed E-state index contributed by atoms with van der Waals surface area (Å²) >= 11 is 0. The van der Waals surface area contributed by atoms with Crippen LogP contribution in [0.3, 0.4) is 0 Å². The summed E-state index contributed by atoms with van der Waals surface area (Å²) in [5, 5.41) is 10.7. The molecule has 4 nitrogen and oxygen atoms in total. The Labute approximate surface area is 113 Å². The molecule has 1 aromatic carbocycles. The van der Waals surface area contributed by atoms with Crippen molar-refractivity contribution in [2.75, 3.05) is 18.1 Å². The highest BCUT2D eigenvalue weighted by atomic mass is 16.3. The maximum Gasteiger partial charge on any atom is 0.140 e. The van der Waals surface area contributed by atoms with Crippen molar-refractivity contribution in [1.29, 1.82) is 0 Å². The predicted molar refractivity (Wildman–Crippen MR) is 76.2 cm³/mol. The van der Waals surface area contributed by atoms with Gasteiger partial charge in [0, 0.05) is 11.9 Å². The number of aliphatic hydroxyl groups excluding tert-OH is 1. The van der Waals surface area contributed by atoms with Crippen molar-refractivity contribution < 1.29 is 5.11 Å². The lowest BCUT2D eigenvalue weighted by atomic mass is 10.1. The van der Waals surface area contributed by atoms with Gasteiger partial charge in [0.25, 0.3) is 0 Å². The van der Waals surface area contributed by atoms with E-state index in [9.17, 15) is 5.11 Å². The van der Waals surface area contributed by atoms with Crippen LogP contribution < -0.4 is 4.90 Å². The number of benzene rings is 1.